The van der Waals surface area contributed by atoms with Crippen molar-refractivity contribution in [3.8, 4) is 11.5 Å². The Bertz CT molecular complexity index is 558. The number of aromatic carboxylic acids is 1. The Morgan fingerprint density at radius 1 is 1.19 bits per heavy atom. The van der Waals surface area contributed by atoms with Crippen LogP contribution in [0.25, 0.3) is 0 Å². The highest BCUT2D eigenvalue weighted by atomic mass is 16.5. The van der Waals surface area contributed by atoms with Gasteiger partial charge in [0.05, 0.1) is 20.3 Å². The number of carbonyl (C=O) groups is 2. The summed E-state index contributed by atoms with van der Waals surface area (Å²) in [6, 6.07) is 0. The predicted molar refractivity (Wildman–Crippen MR) is 73.1 cm³/mol. The SMILES string of the molecule is CCC1(CC)COc2c(C(=O)O)[nH]c(C(=O)OC)c2OC1. The number of hydrogen-bond donors (Lipinski definition) is 2. The number of fused-ring (bicyclic) bond motifs is 1. The van der Waals surface area contributed by atoms with Crippen LogP contribution in [0.1, 0.15) is 47.7 Å². The molecule has 0 bridgehead atoms. The van der Waals surface area contributed by atoms with Crippen LogP contribution in [0.15, 0.2) is 0 Å². The van der Waals surface area contributed by atoms with Crippen molar-refractivity contribution in [2.24, 2.45) is 5.41 Å². The fraction of sp³-hybridized carbons (Fsp3) is 0.571. The zero-order valence-electron chi connectivity index (χ0n) is 12.3. The summed E-state index contributed by atoms with van der Waals surface area (Å²) in [7, 11) is 1.22. The first-order valence-corrected chi connectivity index (χ1v) is 6.81. The lowest BCUT2D eigenvalue weighted by Gasteiger charge is -2.28. The Labute approximate surface area is 122 Å². The topological polar surface area (TPSA) is 97.9 Å². The first-order valence-electron chi connectivity index (χ1n) is 6.81. The Hall–Kier alpha value is -2.18. The molecule has 7 heteroatoms. The average Bonchev–Trinajstić information content (AvgIpc) is 2.76. The molecule has 0 aromatic carbocycles. The van der Waals surface area contributed by atoms with E-state index in [1.54, 1.807) is 0 Å². The zero-order valence-corrected chi connectivity index (χ0v) is 12.3. The van der Waals surface area contributed by atoms with Crippen LogP contribution >= 0.6 is 0 Å². The number of methoxy groups -OCH3 is 1. The van der Waals surface area contributed by atoms with Crippen molar-refractivity contribution in [1.82, 2.24) is 4.98 Å². The molecule has 0 spiro atoms. The molecule has 21 heavy (non-hydrogen) atoms. The molecule has 0 fully saturated rings. The van der Waals surface area contributed by atoms with Gasteiger partial charge >= 0.3 is 11.9 Å². The number of ether oxygens (including phenoxy) is 3. The highest BCUT2D eigenvalue weighted by molar-refractivity contribution is 5.98. The largest absolute Gasteiger partial charge is 0.487 e. The van der Waals surface area contributed by atoms with Gasteiger partial charge in [0.1, 0.15) is 0 Å². The number of hydrogen-bond acceptors (Lipinski definition) is 5. The summed E-state index contributed by atoms with van der Waals surface area (Å²) in [5.41, 5.74) is -0.434. The van der Waals surface area contributed by atoms with E-state index in [2.05, 4.69) is 9.72 Å². The maximum absolute atomic E-state index is 11.8. The Morgan fingerprint density at radius 2 is 1.71 bits per heavy atom. The van der Waals surface area contributed by atoms with E-state index in [1.165, 1.54) is 7.11 Å². The molecule has 2 N–H and O–H groups in total. The summed E-state index contributed by atoms with van der Waals surface area (Å²) < 4.78 is 16.0. The van der Waals surface area contributed by atoms with E-state index < -0.39 is 11.9 Å². The third-order valence-corrected chi connectivity index (χ3v) is 4.06. The van der Waals surface area contributed by atoms with Gasteiger partial charge in [-0.05, 0) is 12.8 Å². The molecular formula is C14H19NO6. The van der Waals surface area contributed by atoms with E-state index in [1.807, 2.05) is 13.8 Å². The highest BCUT2D eigenvalue weighted by Crippen LogP contribution is 2.42. The zero-order chi connectivity index (χ0) is 15.6. The van der Waals surface area contributed by atoms with Crippen LogP contribution in [-0.2, 0) is 4.74 Å². The van der Waals surface area contributed by atoms with Crippen molar-refractivity contribution < 1.29 is 28.9 Å². The number of H-pyrrole nitrogens is 1. The van der Waals surface area contributed by atoms with Gasteiger partial charge < -0.3 is 24.3 Å². The minimum atomic E-state index is -1.22. The summed E-state index contributed by atoms with van der Waals surface area (Å²) in [5, 5.41) is 9.23. The Morgan fingerprint density at radius 3 is 2.14 bits per heavy atom. The number of esters is 1. The van der Waals surface area contributed by atoms with Crippen LogP contribution in [0.4, 0.5) is 0 Å². The molecule has 0 unspecified atom stereocenters. The molecule has 116 valence electrons. The highest BCUT2D eigenvalue weighted by Gasteiger charge is 2.37. The lowest BCUT2D eigenvalue weighted by molar-refractivity contribution is 0.0583. The van der Waals surface area contributed by atoms with Crippen molar-refractivity contribution in [2.75, 3.05) is 20.3 Å². The predicted octanol–water partition coefficient (Wildman–Crippen LogP) is 2.08. The van der Waals surface area contributed by atoms with Crippen LogP contribution < -0.4 is 9.47 Å². The van der Waals surface area contributed by atoms with Crippen LogP contribution in [0.2, 0.25) is 0 Å². The first kappa shape index (κ1) is 15.2. The molecular weight excluding hydrogens is 278 g/mol. The number of aromatic nitrogens is 1. The second-order valence-corrected chi connectivity index (χ2v) is 5.11. The molecule has 2 heterocycles. The third-order valence-electron chi connectivity index (χ3n) is 4.06. The summed E-state index contributed by atoms with van der Waals surface area (Å²) in [6.07, 6.45) is 1.65. The standard InChI is InChI=1S/C14H19NO6/c1-4-14(5-2)6-20-10-8(12(16)17)15-9(13(18)19-3)11(10)21-7-14/h15H,4-7H2,1-3H3,(H,16,17). The van der Waals surface area contributed by atoms with Gasteiger partial charge in [-0.1, -0.05) is 13.8 Å². The lowest BCUT2D eigenvalue weighted by atomic mass is 9.84. The smallest absolute Gasteiger partial charge is 0.358 e. The van der Waals surface area contributed by atoms with Gasteiger partial charge in [-0.3, -0.25) is 0 Å². The van der Waals surface area contributed by atoms with Crippen molar-refractivity contribution in [2.45, 2.75) is 26.7 Å². The normalized spacial score (nSPS) is 16.1. The van der Waals surface area contributed by atoms with Crippen molar-refractivity contribution in [3.05, 3.63) is 11.4 Å². The molecule has 0 saturated carbocycles. The van der Waals surface area contributed by atoms with Crippen molar-refractivity contribution >= 4 is 11.9 Å². The molecule has 0 amide bonds. The first-order chi connectivity index (χ1) is 9.98. The minimum Gasteiger partial charge on any atom is -0.487 e. The summed E-state index contributed by atoms with van der Waals surface area (Å²) in [5.74, 6) is -1.73. The van der Waals surface area contributed by atoms with Crippen LogP contribution in [-0.4, -0.2) is 42.4 Å². The summed E-state index contributed by atoms with van der Waals surface area (Å²) in [6.45, 7) is 4.75. The number of carboxylic acids is 1. The van der Waals surface area contributed by atoms with Gasteiger partial charge in [-0.2, -0.15) is 0 Å². The van der Waals surface area contributed by atoms with E-state index in [-0.39, 0.29) is 28.3 Å². The van der Waals surface area contributed by atoms with Gasteiger partial charge in [0.2, 0.25) is 0 Å². The van der Waals surface area contributed by atoms with Crippen molar-refractivity contribution in [1.29, 1.82) is 0 Å². The summed E-state index contributed by atoms with van der Waals surface area (Å²) in [4.78, 5) is 25.6. The molecule has 0 atom stereocenters. The monoisotopic (exact) mass is 297 g/mol. The minimum absolute atomic E-state index is 0.0343. The molecule has 2 rings (SSSR count). The van der Waals surface area contributed by atoms with E-state index >= 15 is 0 Å². The number of carboxylic acid groups (broad SMARTS) is 1. The van der Waals surface area contributed by atoms with E-state index in [9.17, 15) is 14.7 Å². The van der Waals surface area contributed by atoms with E-state index in [4.69, 9.17) is 9.47 Å². The second-order valence-electron chi connectivity index (χ2n) is 5.11. The van der Waals surface area contributed by atoms with Gasteiger partial charge in [0, 0.05) is 5.41 Å². The number of rotatable bonds is 4. The van der Waals surface area contributed by atoms with Crippen molar-refractivity contribution in [3.63, 3.8) is 0 Å². The second kappa shape index (κ2) is 5.67. The quantitative estimate of drug-likeness (QED) is 0.826. The van der Waals surface area contributed by atoms with E-state index in [0.717, 1.165) is 12.8 Å². The maximum Gasteiger partial charge on any atom is 0.358 e. The van der Waals surface area contributed by atoms with Crippen LogP contribution in [0.3, 0.4) is 0 Å². The van der Waals surface area contributed by atoms with Gasteiger partial charge in [-0.25, -0.2) is 9.59 Å². The molecule has 0 radical (unpaired) electrons. The molecule has 0 saturated heterocycles. The number of carbonyl (C=O) groups excluding carboxylic acids is 1. The average molecular weight is 297 g/mol. The Kier molecular flexibility index (Phi) is 4.11. The van der Waals surface area contributed by atoms with Gasteiger partial charge in [0.25, 0.3) is 0 Å². The third kappa shape index (κ3) is 2.55. The van der Waals surface area contributed by atoms with Crippen LogP contribution in [0.5, 0.6) is 11.5 Å². The number of nitrogens with one attached hydrogen (secondary N) is 1. The molecule has 1 aliphatic rings. The maximum atomic E-state index is 11.8. The van der Waals surface area contributed by atoms with Gasteiger partial charge in [0.15, 0.2) is 22.9 Å². The Balaban J connectivity index is 2.47. The molecule has 7 nitrogen and oxygen atoms in total. The molecule has 1 aromatic rings. The fourth-order valence-corrected chi connectivity index (χ4v) is 2.29. The molecule has 0 aliphatic carbocycles. The van der Waals surface area contributed by atoms with Crippen LogP contribution in [0, 0.1) is 5.41 Å². The fourth-order valence-electron chi connectivity index (χ4n) is 2.29. The molecule has 1 aliphatic heterocycles. The summed E-state index contributed by atoms with van der Waals surface area (Å²) >= 11 is 0. The number of aromatic amines is 1. The van der Waals surface area contributed by atoms with E-state index in [0.29, 0.717) is 13.2 Å². The van der Waals surface area contributed by atoms with Gasteiger partial charge in [-0.15, -0.1) is 0 Å². The lowest BCUT2D eigenvalue weighted by Crippen LogP contribution is -2.32. The molecule has 1 aromatic heterocycles.